The second kappa shape index (κ2) is 6.75. The van der Waals surface area contributed by atoms with Gasteiger partial charge in [0.2, 0.25) is 5.91 Å². The standard InChI is InChI=1S/C13H23N5O2S/c1-13(2,3)17-8(19)6-7-15-11(20)9-10(14)16-12(21-9)18(4)5/h6-7,14H2,1-5H3,(H,15,20)(H,17,19). The Hall–Kier alpha value is -1.83. The van der Waals surface area contributed by atoms with Gasteiger partial charge in [0.1, 0.15) is 10.7 Å². The fraction of sp³-hybridized carbons (Fsp3) is 0.615. The largest absolute Gasteiger partial charge is 0.382 e. The summed E-state index contributed by atoms with van der Waals surface area (Å²) in [6, 6.07) is 0. The lowest BCUT2D eigenvalue weighted by Crippen LogP contribution is -2.41. The molecule has 0 fully saturated rings. The Bertz CT molecular complexity index is 519. The van der Waals surface area contributed by atoms with E-state index in [1.807, 2.05) is 34.9 Å². The number of hydrogen-bond donors (Lipinski definition) is 3. The molecule has 0 saturated heterocycles. The number of thiazole rings is 1. The summed E-state index contributed by atoms with van der Waals surface area (Å²) in [7, 11) is 3.66. The third-order valence-electron chi connectivity index (χ3n) is 2.38. The van der Waals surface area contributed by atoms with Crippen LogP contribution in [0, 0.1) is 0 Å². The summed E-state index contributed by atoms with van der Waals surface area (Å²) in [6.07, 6.45) is 0.224. The number of carbonyl (C=O) groups is 2. The molecular formula is C13H23N5O2S. The van der Waals surface area contributed by atoms with Crippen LogP contribution in [0.1, 0.15) is 36.9 Å². The number of anilines is 2. The normalized spacial score (nSPS) is 11.1. The molecule has 0 atom stereocenters. The van der Waals surface area contributed by atoms with Gasteiger partial charge in [-0.25, -0.2) is 4.98 Å². The van der Waals surface area contributed by atoms with Crippen molar-refractivity contribution in [2.24, 2.45) is 0 Å². The van der Waals surface area contributed by atoms with E-state index in [2.05, 4.69) is 15.6 Å². The molecule has 1 heterocycles. The predicted octanol–water partition coefficient (Wildman–Crippen LogP) is 0.826. The lowest BCUT2D eigenvalue weighted by atomic mass is 10.1. The van der Waals surface area contributed by atoms with Gasteiger partial charge >= 0.3 is 0 Å². The topological polar surface area (TPSA) is 100 Å². The number of hydrogen-bond acceptors (Lipinski definition) is 6. The van der Waals surface area contributed by atoms with Crippen LogP contribution < -0.4 is 21.3 Å². The highest BCUT2D eigenvalue weighted by atomic mass is 32.1. The zero-order chi connectivity index (χ0) is 16.2. The molecule has 7 nitrogen and oxygen atoms in total. The van der Waals surface area contributed by atoms with Crippen LogP contribution in [0.3, 0.4) is 0 Å². The molecule has 1 aromatic rings. The number of rotatable bonds is 5. The van der Waals surface area contributed by atoms with Crippen LogP contribution in [0.4, 0.5) is 10.9 Å². The van der Waals surface area contributed by atoms with Crippen molar-refractivity contribution in [1.29, 1.82) is 0 Å². The molecule has 21 heavy (non-hydrogen) atoms. The Kier molecular flexibility index (Phi) is 5.54. The Labute approximate surface area is 128 Å². The molecule has 2 amide bonds. The number of nitrogens with two attached hydrogens (primary N) is 1. The first-order valence-electron chi connectivity index (χ1n) is 6.63. The highest BCUT2D eigenvalue weighted by molar-refractivity contribution is 7.18. The third-order valence-corrected chi connectivity index (χ3v) is 3.62. The molecular weight excluding hydrogens is 290 g/mol. The van der Waals surface area contributed by atoms with Crippen LogP contribution in [-0.4, -0.2) is 43.0 Å². The lowest BCUT2D eigenvalue weighted by Gasteiger charge is -2.20. The fourth-order valence-corrected chi connectivity index (χ4v) is 2.35. The molecule has 1 rings (SSSR count). The van der Waals surface area contributed by atoms with Gasteiger partial charge in [-0.3, -0.25) is 9.59 Å². The molecule has 0 aliphatic heterocycles. The molecule has 0 unspecified atom stereocenters. The van der Waals surface area contributed by atoms with Crippen LogP contribution in [0.5, 0.6) is 0 Å². The molecule has 0 saturated carbocycles. The highest BCUT2D eigenvalue weighted by Crippen LogP contribution is 2.26. The second-order valence-electron chi connectivity index (χ2n) is 5.91. The Morgan fingerprint density at radius 2 is 1.95 bits per heavy atom. The first-order valence-corrected chi connectivity index (χ1v) is 7.44. The van der Waals surface area contributed by atoms with Crippen molar-refractivity contribution in [3.8, 4) is 0 Å². The van der Waals surface area contributed by atoms with Gasteiger partial charge in [-0.15, -0.1) is 0 Å². The summed E-state index contributed by atoms with van der Waals surface area (Å²) in [5.41, 5.74) is 5.45. The molecule has 0 aromatic carbocycles. The molecule has 8 heteroatoms. The van der Waals surface area contributed by atoms with E-state index in [1.165, 1.54) is 11.3 Å². The van der Waals surface area contributed by atoms with Gasteiger partial charge in [0, 0.05) is 32.6 Å². The number of nitrogens with one attached hydrogen (secondary N) is 2. The van der Waals surface area contributed by atoms with E-state index in [1.54, 1.807) is 4.90 Å². The number of nitrogen functional groups attached to an aromatic ring is 1. The van der Waals surface area contributed by atoms with Crippen LogP contribution in [0.15, 0.2) is 0 Å². The first kappa shape index (κ1) is 17.2. The van der Waals surface area contributed by atoms with Gasteiger partial charge in [-0.05, 0) is 20.8 Å². The molecule has 0 bridgehead atoms. The van der Waals surface area contributed by atoms with E-state index in [0.29, 0.717) is 10.0 Å². The lowest BCUT2D eigenvalue weighted by molar-refractivity contribution is -0.122. The number of carbonyl (C=O) groups excluding carboxylic acids is 2. The minimum atomic E-state index is -0.304. The van der Waals surface area contributed by atoms with Crippen molar-refractivity contribution < 1.29 is 9.59 Å². The quantitative estimate of drug-likeness (QED) is 0.747. The zero-order valence-corrected chi connectivity index (χ0v) is 13.9. The van der Waals surface area contributed by atoms with Crippen molar-refractivity contribution in [2.45, 2.75) is 32.7 Å². The first-order chi connectivity index (χ1) is 9.60. The molecule has 0 radical (unpaired) electrons. The Morgan fingerprint density at radius 3 is 2.43 bits per heavy atom. The van der Waals surface area contributed by atoms with Gasteiger partial charge in [0.25, 0.3) is 5.91 Å². The molecule has 0 aliphatic carbocycles. The van der Waals surface area contributed by atoms with Gasteiger partial charge < -0.3 is 21.3 Å². The highest BCUT2D eigenvalue weighted by Gasteiger charge is 2.18. The van der Waals surface area contributed by atoms with Crippen molar-refractivity contribution >= 4 is 34.1 Å². The van der Waals surface area contributed by atoms with Gasteiger partial charge in [-0.2, -0.15) is 0 Å². The summed E-state index contributed by atoms with van der Waals surface area (Å²) in [5, 5.41) is 6.18. The Morgan fingerprint density at radius 1 is 1.33 bits per heavy atom. The third kappa shape index (κ3) is 5.58. The van der Waals surface area contributed by atoms with E-state index >= 15 is 0 Å². The average molecular weight is 313 g/mol. The summed E-state index contributed by atoms with van der Waals surface area (Å²) < 4.78 is 0. The van der Waals surface area contributed by atoms with Crippen molar-refractivity contribution in [3.63, 3.8) is 0 Å². The van der Waals surface area contributed by atoms with Crippen molar-refractivity contribution in [1.82, 2.24) is 15.6 Å². The van der Waals surface area contributed by atoms with E-state index < -0.39 is 0 Å². The van der Waals surface area contributed by atoms with Crippen LogP contribution in [-0.2, 0) is 4.79 Å². The van der Waals surface area contributed by atoms with Crippen molar-refractivity contribution in [3.05, 3.63) is 4.88 Å². The van der Waals surface area contributed by atoms with Crippen molar-refractivity contribution in [2.75, 3.05) is 31.3 Å². The predicted molar refractivity (Wildman–Crippen MR) is 85.7 cm³/mol. The van der Waals surface area contributed by atoms with Gasteiger partial charge in [-0.1, -0.05) is 11.3 Å². The average Bonchev–Trinajstić information content (AvgIpc) is 2.69. The summed E-state index contributed by atoms with van der Waals surface area (Å²) in [5.74, 6) is -0.198. The SMILES string of the molecule is CN(C)c1nc(N)c(C(=O)NCCC(=O)NC(C)(C)C)s1. The minimum Gasteiger partial charge on any atom is -0.382 e. The molecule has 118 valence electrons. The van der Waals surface area contributed by atoms with E-state index in [4.69, 9.17) is 5.73 Å². The maximum absolute atomic E-state index is 12.0. The second-order valence-corrected chi connectivity index (χ2v) is 6.89. The number of aromatic nitrogens is 1. The zero-order valence-electron chi connectivity index (χ0n) is 13.1. The molecule has 1 aromatic heterocycles. The minimum absolute atomic E-state index is 0.103. The maximum atomic E-state index is 12.0. The van der Waals surface area contributed by atoms with E-state index in [0.717, 1.165) is 0 Å². The van der Waals surface area contributed by atoms with E-state index in [-0.39, 0.29) is 36.1 Å². The van der Waals surface area contributed by atoms with Gasteiger partial charge in [0.15, 0.2) is 5.13 Å². The van der Waals surface area contributed by atoms with Crippen LogP contribution in [0.25, 0.3) is 0 Å². The fourth-order valence-electron chi connectivity index (χ4n) is 1.52. The number of nitrogens with zero attached hydrogens (tertiary/aromatic N) is 2. The van der Waals surface area contributed by atoms with E-state index in [9.17, 15) is 9.59 Å². The molecule has 0 aliphatic rings. The monoisotopic (exact) mass is 313 g/mol. The number of amides is 2. The molecule has 0 spiro atoms. The summed E-state index contributed by atoms with van der Waals surface area (Å²) in [6.45, 7) is 5.98. The van der Waals surface area contributed by atoms with Crippen LogP contribution in [0.2, 0.25) is 0 Å². The van der Waals surface area contributed by atoms with Crippen LogP contribution >= 0.6 is 11.3 Å². The molecule has 4 N–H and O–H groups in total. The Balaban J connectivity index is 2.49. The maximum Gasteiger partial charge on any atom is 0.265 e. The summed E-state index contributed by atoms with van der Waals surface area (Å²) in [4.78, 5) is 29.9. The van der Waals surface area contributed by atoms with Gasteiger partial charge in [0.05, 0.1) is 0 Å². The smallest absolute Gasteiger partial charge is 0.265 e. The summed E-state index contributed by atoms with van der Waals surface area (Å²) >= 11 is 1.22.